The number of benzene rings is 1. The second-order valence-electron chi connectivity index (χ2n) is 3.42. The van der Waals surface area contributed by atoms with E-state index < -0.39 is 5.79 Å². The van der Waals surface area contributed by atoms with Crippen LogP contribution in [0.4, 0.5) is 0 Å². The number of rotatable bonds is 4. The molecule has 2 nitrogen and oxygen atoms in total. The molecule has 0 aliphatic rings. The summed E-state index contributed by atoms with van der Waals surface area (Å²) in [5.41, 5.74) is 2.15. The third-order valence-electron chi connectivity index (χ3n) is 2.64. The van der Waals surface area contributed by atoms with Crippen LogP contribution in [0, 0.1) is 0 Å². The van der Waals surface area contributed by atoms with Gasteiger partial charge in [0.2, 0.25) is 0 Å². The normalized spacial score (nSPS) is 12.9. The van der Waals surface area contributed by atoms with Crippen molar-refractivity contribution in [1.29, 1.82) is 0 Å². The van der Waals surface area contributed by atoms with Crippen LogP contribution in [-0.2, 0) is 9.47 Å². The molecule has 2 heteroatoms. The average Bonchev–Trinajstić information content (AvgIpc) is 2.31. The summed E-state index contributed by atoms with van der Waals surface area (Å²) in [5, 5.41) is 0. The number of allylic oxidation sites excluding steroid dienone is 1. The monoisotopic (exact) mass is 206 g/mol. The Bertz CT molecular complexity index is 324. The zero-order valence-electron chi connectivity index (χ0n) is 9.78. The maximum absolute atomic E-state index is 5.40. The van der Waals surface area contributed by atoms with E-state index in [1.54, 1.807) is 14.2 Å². The summed E-state index contributed by atoms with van der Waals surface area (Å²) >= 11 is 0. The van der Waals surface area contributed by atoms with Gasteiger partial charge in [0.25, 0.3) is 0 Å². The molecule has 0 aromatic heterocycles. The van der Waals surface area contributed by atoms with Crippen molar-refractivity contribution in [1.82, 2.24) is 0 Å². The molecular weight excluding hydrogens is 188 g/mol. The molecule has 0 aliphatic carbocycles. The lowest BCUT2D eigenvalue weighted by Crippen LogP contribution is -2.31. The van der Waals surface area contributed by atoms with Gasteiger partial charge >= 0.3 is 0 Å². The van der Waals surface area contributed by atoms with Crippen LogP contribution in [0.1, 0.15) is 19.4 Å². The Labute approximate surface area is 91.5 Å². The van der Waals surface area contributed by atoms with Crippen molar-refractivity contribution >= 4 is 5.57 Å². The predicted molar refractivity (Wildman–Crippen MR) is 62.5 cm³/mol. The van der Waals surface area contributed by atoms with Crippen LogP contribution >= 0.6 is 0 Å². The Hall–Kier alpha value is -1.12. The van der Waals surface area contributed by atoms with Gasteiger partial charge in [0.1, 0.15) is 0 Å². The molecule has 0 spiro atoms. The molecule has 0 radical (unpaired) electrons. The predicted octanol–water partition coefficient (Wildman–Crippen LogP) is 3.10. The molecule has 0 bridgehead atoms. The third-order valence-corrected chi connectivity index (χ3v) is 2.64. The molecule has 0 amide bonds. The molecule has 0 saturated carbocycles. The van der Waals surface area contributed by atoms with Crippen molar-refractivity contribution in [2.24, 2.45) is 0 Å². The zero-order chi connectivity index (χ0) is 11.3. The van der Waals surface area contributed by atoms with E-state index in [9.17, 15) is 0 Å². The lowest BCUT2D eigenvalue weighted by atomic mass is 9.98. The highest BCUT2D eigenvalue weighted by Crippen LogP contribution is 2.30. The Morgan fingerprint density at radius 1 is 1.13 bits per heavy atom. The van der Waals surface area contributed by atoms with E-state index in [1.807, 2.05) is 50.3 Å². The Morgan fingerprint density at radius 2 is 1.67 bits per heavy atom. The second-order valence-corrected chi connectivity index (χ2v) is 3.42. The summed E-state index contributed by atoms with van der Waals surface area (Å²) in [4.78, 5) is 0. The van der Waals surface area contributed by atoms with Crippen molar-refractivity contribution in [2.75, 3.05) is 14.2 Å². The first-order chi connectivity index (χ1) is 7.18. The molecule has 0 heterocycles. The second kappa shape index (κ2) is 5.10. The fraction of sp³-hybridized carbons (Fsp3) is 0.385. The summed E-state index contributed by atoms with van der Waals surface area (Å²) in [5.74, 6) is -0.684. The van der Waals surface area contributed by atoms with Gasteiger partial charge in [0.15, 0.2) is 5.79 Å². The lowest BCUT2D eigenvalue weighted by Gasteiger charge is -2.29. The maximum Gasteiger partial charge on any atom is 0.191 e. The number of methoxy groups -OCH3 is 2. The van der Waals surface area contributed by atoms with Crippen molar-refractivity contribution < 1.29 is 9.47 Å². The highest BCUT2D eigenvalue weighted by atomic mass is 16.7. The molecule has 0 saturated heterocycles. The van der Waals surface area contributed by atoms with Crippen LogP contribution < -0.4 is 0 Å². The van der Waals surface area contributed by atoms with Crippen LogP contribution in [0.15, 0.2) is 36.4 Å². The first-order valence-corrected chi connectivity index (χ1v) is 5.00. The van der Waals surface area contributed by atoms with Gasteiger partial charge in [-0.3, -0.25) is 0 Å². The minimum Gasteiger partial charge on any atom is -0.349 e. The van der Waals surface area contributed by atoms with Crippen LogP contribution in [0.25, 0.3) is 5.57 Å². The summed E-state index contributed by atoms with van der Waals surface area (Å²) in [6, 6.07) is 10.1. The van der Waals surface area contributed by atoms with Gasteiger partial charge in [-0.2, -0.15) is 0 Å². The molecule has 0 N–H and O–H groups in total. The summed E-state index contributed by atoms with van der Waals surface area (Å²) < 4.78 is 10.8. The molecule has 15 heavy (non-hydrogen) atoms. The fourth-order valence-electron chi connectivity index (χ4n) is 1.61. The Morgan fingerprint density at radius 3 is 2.07 bits per heavy atom. The van der Waals surface area contributed by atoms with E-state index in [0.717, 1.165) is 11.1 Å². The molecule has 0 unspecified atom stereocenters. The maximum atomic E-state index is 5.40. The number of ether oxygens (including phenoxy) is 2. The van der Waals surface area contributed by atoms with E-state index in [0.29, 0.717) is 0 Å². The number of hydrogen-bond acceptors (Lipinski definition) is 2. The minimum absolute atomic E-state index is 0.684. The fourth-order valence-corrected chi connectivity index (χ4v) is 1.61. The molecular formula is C13H18O2. The highest BCUT2D eigenvalue weighted by molar-refractivity contribution is 5.70. The van der Waals surface area contributed by atoms with Crippen LogP contribution in [-0.4, -0.2) is 20.0 Å². The average molecular weight is 206 g/mol. The van der Waals surface area contributed by atoms with E-state index >= 15 is 0 Å². The largest absolute Gasteiger partial charge is 0.349 e. The SMILES string of the molecule is C/C=C(\c1ccccc1)C(C)(OC)OC. The van der Waals surface area contributed by atoms with Crippen LogP contribution in [0.3, 0.4) is 0 Å². The first-order valence-electron chi connectivity index (χ1n) is 5.00. The summed E-state index contributed by atoms with van der Waals surface area (Å²) in [6.07, 6.45) is 2.02. The van der Waals surface area contributed by atoms with Gasteiger partial charge in [-0.25, -0.2) is 0 Å². The van der Waals surface area contributed by atoms with Crippen molar-refractivity contribution in [3.63, 3.8) is 0 Å². The molecule has 0 fully saturated rings. The molecule has 82 valence electrons. The van der Waals surface area contributed by atoms with E-state index in [-0.39, 0.29) is 0 Å². The van der Waals surface area contributed by atoms with Gasteiger partial charge in [0.05, 0.1) is 0 Å². The Kier molecular flexibility index (Phi) is 4.06. The van der Waals surface area contributed by atoms with E-state index in [2.05, 4.69) is 0 Å². The van der Waals surface area contributed by atoms with Crippen molar-refractivity contribution in [3.05, 3.63) is 42.0 Å². The van der Waals surface area contributed by atoms with Crippen molar-refractivity contribution in [3.8, 4) is 0 Å². The van der Waals surface area contributed by atoms with Crippen LogP contribution in [0.5, 0.6) is 0 Å². The first kappa shape index (κ1) is 12.0. The highest BCUT2D eigenvalue weighted by Gasteiger charge is 2.28. The standard InChI is InChI=1S/C13H18O2/c1-5-12(13(2,14-3)15-4)11-9-7-6-8-10-11/h5-10H,1-4H3/b12-5+. The smallest absolute Gasteiger partial charge is 0.191 e. The quantitative estimate of drug-likeness (QED) is 0.705. The van der Waals surface area contributed by atoms with Gasteiger partial charge in [-0.05, 0) is 19.4 Å². The van der Waals surface area contributed by atoms with Gasteiger partial charge in [-0.1, -0.05) is 36.4 Å². The van der Waals surface area contributed by atoms with Gasteiger partial charge in [-0.15, -0.1) is 0 Å². The zero-order valence-corrected chi connectivity index (χ0v) is 9.78. The minimum atomic E-state index is -0.684. The molecule has 0 aliphatic heterocycles. The third kappa shape index (κ3) is 2.46. The molecule has 1 aromatic carbocycles. The van der Waals surface area contributed by atoms with Crippen LogP contribution in [0.2, 0.25) is 0 Å². The van der Waals surface area contributed by atoms with Crippen molar-refractivity contribution in [2.45, 2.75) is 19.6 Å². The van der Waals surface area contributed by atoms with Gasteiger partial charge in [0, 0.05) is 19.8 Å². The number of hydrogen-bond donors (Lipinski definition) is 0. The molecule has 0 atom stereocenters. The summed E-state index contributed by atoms with van der Waals surface area (Å²) in [7, 11) is 3.30. The molecule has 1 rings (SSSR count). The van der Waals surface area contributed by atoms with E-state index in [4.69, 9.17) is 9.47 Å². The molecule has 1 aromatic rings. The van der Waals surface area contributed by atoms with Gasteiger partial charge < -0.3 is 9.47 Å². The Balaban J connectivity index is 3.11. The van der Waals surface area contributed by atoms with E-state index in [1.165, 1.54) is 0 Å². The lowest BCUT2D eigenvalue weighted by molar-refractivity contribution is -0.147. The summed E-state index contributed by atoms with van der Waals surface area (Å²) in [6.45, 7) is 3.90. The topological polar surface area (TPSA) is 18.5 Å².